The van der Waals surface area contributed by atoms with Crippen LogP contribution in [0.1, 0.15) is 11.1 Å². The van der Waals surface area contributed by atoms with Gasteiger partial charge in [0.2, 0.25) is 5.91 Å². The van der Waals surface area contributed by atoms with Crippen molar-refractivity contribution in [3.63, 3.8) is 0 Å². The number of carbonyl (C=O) groups excluding carboxylic acids is 1. The van der Waals surface area contributed by atoms with Gasteiger partial charge in [-0.15, -0.1) is 0 Å². The van der Waals surface area contributed by atoms with Crippen LogP contribution >= 0.6 is 0 Å². The summed E-state index contributed by atoms with van der Waals surface area (Å²) in [7, 11) is 0. The Morgan fingerprint density at radius 2 is 1.96 bits per heavy atom. The molecule has 1 aliphatic heterocycles. The largest absolute Gasteiger partial charge is 0.417 e. The van der Waals surface area contributed by atoms with Gasteiger partial charge in [-0.25, -0.2) is 4.98 Å². The van der Waals surface area contributed by atoms with E-state index in [0.29, 0.717) is 48.5 Å². The lowest BCUT2D eigenvalue weighted by atomic mass is 9.99. The molecule has 0 radical (unpaired) electrons. The average molecular weight is 389 g/mol. The number of ether oxygens (including phenoxy) is 1. The van der Waals surface area contributed by atoms with Gasteiger partial charge in [-0.1, -0.05) is 18.2 Å². The molecule has 28 heavy (non-hydrogen) atoms. The quantitative estimate of drug-likeness (QED) is 0.744. The number of carbonyl (C=O) groups is 1. The molecule has 1 amide bonds. The standard InChI is InChI=1S/C20H18F3N3O2/c21-20(22,23)17-4-2-1-3-15(17)13-9-16-14(12-25-19(16)24-11-13)10-18(27)26-5-7-28-8-6-26/h1-4,9,11-12H,5-8,10H2,(H,24,25). The first-order chi connectivity index (χ1) is 13.4. The van der Waals surface area contributed by atoms with Crippen molar-refractivity contribution in [2.75, 3.05) is 26.3 Å². The van der Waals surface area contributed by atoms with E-state index in [1.165, 1.54) is 18.3 Å². The molecule has 4 rings (SSSR count). The molecular formula is C20H18F3N3O2. The van der Waals surface area contributed by atoms with Crippen LogP contribution in [0.15, 0.2) is 42.7 Å². The van der Waals surface area contributed by atoms with Crippen LogP contribution in [0, 0.1) is 0 Å². The molecule has 1 aromatic carbocycles. The summed E-state index contributed by atoms with van der Waals surface area (Å²) in [6.07, 6.45) is -1.20. The maximum absolute atomic E-state index is 13.4. The lowest BCUT2D eigenvalue weighted by molar-refractivity contribution is -0.137. The number of nitrogens with one attached hydrogen (secondary N) is 1. The van der Waals surface area contributed by atoms with Crippen LogP contribution in [-0.4, -0.2) is 47.1 Å². The molecule has 2 aromatic heterocycles. The summed E-state index contributed by atoms with van der Waals surface area (Å²) >= 11 is 0. The van der Waals surface area contributed by atoms with E-state index < -0.39 is 11.7 Å². The SMILES string of the molecule is O=C(Cc1c[nH]c2ncc(-c3ccccc3C(F)(F)F)cc12)N1CCOCC1. The molecule has 3 heterocycles. The highest BCUT2D eigenvalue weighted by molar-refractivity contribution is 5.89. The molecule has 146 valence electrons. The third kappa shape index (κ3) is 3.60. The van der Waals surface area contributed by atoms with Gasteiger partial charge in [0, 0.05) is 36.4 Å². The van der Waals surface area contributed by atoms with Gasteiger partial charge in [-0.3, -0.25) is 4.79 Å². The molecule has 0 unspecified atom stereocenters. The number of morpholine rings is 1. The Morgan fingerprint density at radius 1 is 1.21 bits per heavy atom. The summed E-state index contributed by atoms with van der Waals surface area (Å²) in [5.74, 6) is -0.0368. The summed E-state index contributed by atoms with van der Waals surface area (Å²) < 4.78 is 45.3. The predicted molar refractivity (Wildman–Crippen MR) is 97.6 cm³/mol. The highest BCUT2D eigenvalue weighted by Crippen LogP contribution is 2.37. The van der Waals surface area contributed by atoms with E-state index in [9.17, 15) is 18.0 Å². The maximum atomic E-state index is 13.4. The van der Waals surface area contributed by atoms with Gasteiger partial charge in [-0.05, 0) is 23.3 Å². The minimum absolute atomic E-state index is 0.0368. The van der Waals surface area contributed by atoms with E-state index in [2.05, 4.69) is 9.97 Å². The number of amides is 1. The number of pyridine rings is 1. The highest BCUT2D eigenvalue weighted by Gasteiger charge is 2.33. The second-order valence-electron chi connectivity index (χ2n) is 6.65. The smallest absolute Gasteiger partial charge is 0.378 e. The van der Waals surface area contributed by atoms with Gasteiger partial charge in [0.25, 0.3) is 0 Å². The van der Waals surface area contributed by atoms with Gasteiger partial charge in [-0.2, -0.15) is 13.2 Å². The monoisotopic (exact) mass is 389 g/mol. The molecule has 5 nitrogen and oxygen atoms in total. The van der Waals surface area contributed by atoms with Crippen LogP contribution < -0.4 is 0 Å². The van der Waals surface area contributed by atoms with Gasteiger partial charge in [0.15, 0.2) is 0 Å². The molecule has 0 spiro atoms. The molecule has 3 aromatic rings. The minimum atomic E-state index is -4.46. The van der Waals surface area contributed by atoms with Gasteiger partial charge in [0.05, 0.1) is 25.2 Å². The zero-order chi connectivity index (χ0) is 19.7. The van der Waals surface area contributed by atoms with Crippen LogP contribution in [0.5, 0.6) is 0 Å². The van der Waals surface area contributed by atoms with Gasteiger partial charge >= 0.3 is 6.18 Å². The molecule has 1 saturated heterocycles. The fraction of sp³-hybridized carbons (Fsp3) is 0.300. The zero-order valence-corrected chi connectivity index (χ0v) is 14.9. The number of halogens is 3. The average Bonchev–Trinajstić information content (AvgIpc) is 3.10. The fourth-order valence-corrected chi connectivity index (χ4v) is 3.42. The Hall–Kier alpha value is -2.87. The zero-order valence-electron chi connectivity index (χ0n) is 14.9. The Bertz CT molecular complexity index is 1010. The molecular weight excluding hydrogens is 371 g/mol. The highest BCUT2D eigenvalue weighted by atomic mass is 19.4. The number of hydrogen-bond donors (Lipinski definition) is 1. The number of rotatable bonds is 3. The number of H-pyrrole nitrogens is 1. The van der Waals surface area contributed by atoms with Crippen molar-refractivity contribution in [1.29, 1.82) is 0 Å². The Morgan fingerprint density at radius 3 is 2.71 bits per heavy atom. The topological polar surface area (TPSA) is 58.2 Å². The summed E-state index contributed by atoms with van der Waals surface area (Å²) in [5.41, 5.74) is 0.970. The third-order valence-electron chi connectivity index (χ3n) is 4.87. The number of alkyl halides is 3. The van der Waals surface area contributed by atoms with Crippen molar-refractivity contribution in [3.8, 4) is 11.1 Å². The summed E-state index contributed by atoms with van der Waals surface area (Å²) in [6.45, 7) is 2.12. The maximum Gasteiger partial charge on any atom is 0.417 e. The Kier molecular flexibility index (Phi) is 4.80. The van der Waals surface area contributed by atoms with Crippen molar-refractivity contribution in [1.82, 2.24) is 14.9 Å². The van der Waals surface area contributed by atoms with Gasteiger partial charge < -0.3 is 14.6 Å². The second-order valence-corrected chi connectivity index (χ2v) is 6.65. The lowest BCUT2D eigenvalue weighted by Gasteiger charge is -2.26. The van der Waals surface area contributed by atoms with E-state index in [4.69, 9.17) is 4.74 Å². The summed E-state index contributed by atoms with van der Waals surface area (Å²) in [4.78, 5) is 21.5. The molecule has 0 aliphatic carbocycles. The fourth-order valence-electron chi connectivity index (χ4n) is 3.42. The van der Waals surface area contributed by atoms with Gasteiger partial charge in [0.1, 0.15) is 5.65 Å². The normalized spacial score (nSPS) is 15.2. The lowest BCUT2D eigenvalue weighted by Crippen LogP contribution is -2.41. The van der Waals surface area contributed by atoms with Crippen molar-refractivity contribution >= 4 is 16.9 Å². The van der Waals surface area contributed by atoms with E-state index in [1.54, 1.807) is 23.2 Å². The molecule has 1 aliphatic rings. The van der Waals surface area contributed by atoms with E-state index in [1.807, 2.05) is 0 Å². The number of fused-ring (bicyclic) bond motifs is 1. The van der Waals surface area contributed by atoms with Crippen molar-refractivity contribution in [2.24, 2.45) is 0 Å². The van der Waals surface area contributed by atoms with Crippen LogP contribution in [0.3, 0.4) is 0 Å². The number of nitrogens with zero attached hydrogens (tertiary/aromatic N) is 2. The van der Waals surface area contributed by atoms with Crippen LogP contribution in [0.25, 0.3) is 22.2 Å². The third-order valence-corrected chi connectivity index (χ3v) is 4.87. The number of benzene rings is 1. The van der Waals surface area contributed by atoms with E-state index >= 15 is 0 Å². The first-order valence-corrected chi connectivity index (χ1v) is 8.91. The van der Waals surface area contributed by atoms with Crippen molar-refractivity contribution in [3.05, 3.63) is 53.9 Å². The first-order valence-electron chi connectivity index (χ1n) is 8.91. The van der Waals surface area contributed by atoms with E-state index in [-0.39, 0.29) is 17.9 Å². The number of aromatic amines is 1. The van der Waals surface area contributed by atoms with E-state index in [0.717, 1.165) is 6.07 Å². The summed E-state index contributed by atoms with van der Waals surface area (Å²) in [5, 5.41) is 0.649. The molecule has 1 N–H and O–H groups in total. The second kappa shape index (κ2) is 7.27. The molecule has 8 heteroatoms. The minimum Gasteiger partial charge on any atom is -0.378 e. The van der Waals surface area contributed by atoms with Crippen LogP contribution in [0.4, 0.5) is 13.2 Å². The Balaban J connectivity index is 1.68. The predicted octanol–water partition coefficient (Wildman–Crippen LogP) is 3.65. The number of hydrogen-bond acceptors (Lipinski definition) is 3. The molecule has 0 bridgehead atoms. The molecule has 0 atom stereocenters. The first kappa shape index (κ1) is 18.5. The number of aromatic nitrogens is 2. The molecule has 0 saturated carbocycles. The van der Waals surface area contributed by atoms with Crippen molar-refractivity contribution < 1.29 is 22.7 Å². The summed E-state index contributed by atoms with van der Waals surface area (Å²) in [6, 6.07) is 7.07. The van der Waals surface area contributed by atoms with Crippen LogP contribution in [-0.2, 0) is 22.1 Å². The van der Waals surface area contributed by atoms with Crippen molar-refractivity contribution in [2.45, 2.75) is 12.6 Å². The van der Waals surface area contributed by atoms with Crippen LogP contribution in [0.2, 0.25) is 0 Å². The Labute approximate surface area is 159 Å². The molecule has 1 fully saturated rings.